The van der Waals surface area contributed by atoms with Crippen LogP contribution >= 0.6 is 0 Å². The molecule has 2 aromatic heterocycles. The molecule has 0 radical (unpaired) electrons. The van der Waals surface area contributed by atoms with Crippen LogP contribution in [0.4, 0.5) is 0 Å². The maximum atomic E-state index is 10.5. The zero-order chi connectivity index (χ0) is 29.1. The number of rotatable bonds is 7. The molecule has 5 nitrogen and oxygen atoms in total. The van der Waals surface area contributed by atoms with Crippen molar-refractivity contribution < 1.29 is 0 Å². The molecule has 1 N–H and O–H groups in total. The normalized spacial score (nSPS) is 11.9. The van der Waals surface area contributed by atoms with E-state index in [9.17, 15) is 10.5 Å². The number of nitriles is 2. The smallest absolute Gasteiger partial charge is 0.102 e. The molecule has 0 saturated heterocycles. The van der Waals surface area contributed by atoms with Crippen molar-refractivity contribution in [2.45, 2.75) is 25.3 Å². The van der Waals surface area contributed by atoms with Crippen LogP contribution < -0.4 is 0 Å². The lowest BCUT2D eigenvalue weighted by atomic mass is 9.63. The molecular weight excluding hydrogens is 514 g/mol. The molecule has 202 valence electrons. The summed E-state index contributed by atoms with van der Waals surface area (Å²) in [5.74, 6) is 0. The van der Waals surface area contributed by atoms with Gasteiger partial charge < -0.3 is 4.57 Å². The molecule has 0 saturated carbocycles. The molecule has 1 atom stereocenters. The number of nitrogens with one attached hydrogen (secondary N) is 1. The number of hydrogen-bond donors (Lipinski definition) is 1. The van der Waals surface area contributed by atoms with Gasteiger partial charge in [0.15, 0.2) is 0 Å². The monoisotopic (exact) mass is 543 g/mol. The summed E-state index contributed by atoms with van der Waals surface area (Å²) in [5.41, 5.74) is 8.47. The maximum absolute atomic E-state index is 10.5. The molecule has 0 aliphatic rings. The topological polar surface area (TPSA) is 81.2 Å². The highest BCUT2D eigenvalue weighted by Gasteiger charge is 2.47. The van der Waals surface area contributed by atoms with E-state index in [1.54, 1.807) is 12.1 Å². The van der Waals surface area contributed by atoms with Crippen LogP contribution in [0.2, 0.25) is 0 Å². The Morgan fingerprint density at radius 1 is 0.690 bits per heavy atom. The van der Waals surface area contributed by atoms with E-state index in [1.807, 2.05) is 49.6 Å². The standard InChI is InChI=1S/C37H29N5/c1-26-34(23-39)35(29-20-18-28(22-38)19-21-29)27(2)42(26)36(30-24-40-41-25-30)37(31-12-6-3-7-13-31,32-14-8-4-9-15-32)33-16-10-5-11-17-33/h3-21,24-25,36H,1-2H3,(H,40,41). The van der Waals surface area contributed by atoms with E-state index in [4.69, 9.17) is 0 Å². The Morgan fingerprint density at radius 3 is 1.64 bits per heavy atom. The third kappa shape index (κ3) is 4.20. The Labute approximate surface area is 246 Å². The summed E-state index contributed by atoms with van der Waals surface area (Å²) in [4.78, 5) is 0. The molecule has 6 rings (SSSR count). The summed E-state index contributed by atoms with van der Waals surface area (Å²) in [7, 11) is 0. The molecule has 0 aliphatic carbocycles. The van der Waals surface area contributed by atoms with E-state index in [1.165, 1.54) is 0 Å². The van der Waals surface area contributed by atoms with Crippen molar-refractivity contribution in [1.82, 2.24) is 14.8 Å². The Kier molecular flexibility index (Phi) is 7.01. The van der Waals surface area contributed by atoms with Crippen LogP contribution in [0.3, 0.4) is 0 Å². The lowest BCUT2D eigenvalue weighted by molar-refractivity contribution is 0.410. The number of H-pyrrole nitrogens is 1. The van der Waals surface area contributed by atoms with Gasteiger partial charge >= 0.3 is 0 Å². The van der Waals surface area contributed by atoms with E-state index in [0.29, 0.717) is 11.1 Å². The van der Waals surface area contributed by atoms with Gasteiger partial charge in [0.1, 0.15) is 6.07 Å². The molecular formula is C37H29N5. The summed E-state index contributed by atoms with van der Waals surface area (Å²) in [6.45, 7) is 4.11. The van der Waals surface area contributed by atoms with Gasteiger partial charge in [0.05, 0.1) is 34.8 Å². The predicted molar refractivity (Wildman–Crippen MR) is 165 cm³/mol. The molecule has 1 unspecified atom stereocenters. The fourth-order valence-corrected chi connectivity index (χ4v) is 6.52. The van der Waals surface area contributed by atoms with Crippen LogP contribution in [0, 0.1) is 36.5 Å². The molecule has 0 spiro atoms. The maximum Gasteiger partial charge on any atom is 0.102 e. The third-order valence-electron chi connectivity index (χ3n) is 8.30. The molecule has 6 aromatic rings. The number of hydrogen-bond acceptors (Lipinski definition) is 3. The van der Waals surface area contributed by atoms with Crippen molar-refractivity contribution in [2.24, 2.45) is 0 Å². The Balaban J connectivity index is 1.77. The zero-order valence-corrected chi connectivity index (χ0v) is 23.5. The van der Waals surface area contributed by atoms with Gasteiger partial charge in [0.2, 0.25) is 0 Å². The Morgan fingerprint density at radius 2 is 1.21 bits per heavy atom. The summed E-state index contributed by atoms with van der Waals surface area (Å²) in [6.07, 6.45) is 3.85. The minimum atomic E-state index is -0.698. The fraction of sp³-hybridized carbons (Fsp3) is 0.108. The van der Waals surface area contributed by atoms with Crippen molar-refractivity contribution in [3.8, 4) is 23.3 Å². The lowest BCUT2D eigenvalue weighted by Gasteiger charge is -2.44. The SMILES string of the molecule is Cc1c(C#N)c(-c2ccc(C#N)cc2)c(C)n1C(c1cn[nH]c1)C(c1ccccc1)(c1ccccc1)c1ccccc1. The van der Waals surface area contributed by atoms with Crippen LogP contribution in [0.5, 0.6) is 0 Å². The average molecular weight is 544 g/mol. The fourth-order valence-electron chi connectivity index (χ4n) is 6.52. The highest BCUT2D eigenvalue weighted by atomic mass is 15.1. The van der Waals surface area contributed by atoms with Crippen molar-refractivity contribution in [1.29, 1.82) is 10.5 Å². The molecule has 0 bridgehead atoms. The number of benzene rings is 4. The highest BCUT2D eigenvalue weighted by molar-refractivity contribution is 5.76. The first-order chi connectivity index (χ1) is 20.6. The number of aromatic nitrogens is 3. The van der Waals surface area contributed by atoms with Crippen molar-refractivity contribution in [3.05, 3.63) is 172 Å². The van der Waals surface area contributed by atoms with E-state index in [2.05, 4.69) is 107 Å². The summed E-state index contributed by atoms with van der Waals surface area (Å²) < 4.78 is 2.31. The first kappa shape index (κ1) is 26.6. The molecule has 0 amide bonds. The Hall–Kier alpha value is -5.65. The highest BCUT2D eigenvalue weighted by Crippen LogP contribution is 2.52. The first-order valence-electron chi connectivity index (χ1n) is 13.9. The lowest BCUT2D eigenvalue weighted by Crippen LogP contribution is -2.41. The minimum absolute atomic E-state index is 0.317. The van der Waals surface area contributed by atoms with Crippen LogP contribution in [0.15, 0.2) is 128 Å². The molecule has 2 heterocycles. The van der Waals surface area contributed by atoms with E-state index in [0.717, 1.165) is 44.8 Å². The summed E-state index contributed by atoms with van der Waals surface area (Å²) >= 11 is 0. The molecule has 0 aliphatic heterocycles. The predicted octanol–water partition coefficient (Wildman–Crippen LogP) is 7.86. The number of aromatic amines is 1. The van der Waals surface area contributed by atoms with E-state index < -0.39 is 5.41 Å². The minimum Gasteiger partial charge on any atom is -0.338 e. The van der Waals surface area contributed by atoms with Gasteiger partial charge in [-0.1, -0.05) is 103 Å². The van der Waals surface area contributed by atoms with Crippen LogP contribution in [0.25, 0.3) is 11.1 Å². The van der Waals surface area contributed by atoms with E-state index >= 15 is 0 Å². The molecule has 42 heavy (non-hydrogen) atoms. The van der Waals surface area contributed by atoms with Crippen molar-refractivity contribution >= 4 is 0 Å². The van der Waals surface area contributed by atoms with Gasteiger partial charge in [-0.15, -0.1) is 0 Å². The van der Waals surface area contributed by atoms with Crippen LogP contribution in [0.1, 0.15) is 50.8 Å². The van der Waals surface area contributed by atoms with Crippen molar-refractivity contribution in [3.63, 3.8) is 0 Å². The zero-order valence-electron chi connectivity index (χ0n) is 23.5. The van der Waals surface area contributed by atoms with Crippen molar-refractivity contribution in [2.75, 3.05) is 0 Å². The second kappa shape index (κ2) is 11.1. The molecule has 5 heteroatoms. The van der Waals surface area contributed by atoms with Gasteiger partial charge in [-0.25, -0.2) is 0 Å². The second-order valence-corrected chi connectivity index (χ2v) is 10.4. The third-order valence-corrected chi connectivity index (χ3v) is 8.30. The van der Waals surface area contributed by atoms with Gasteiger partial charge in [0, 0.05) is 28.7 Å². The molecule has 0 fully saturated rings. The Bertz CT molecular complexity index is 1790. The quantitative estimate of drug-likeness (QED) is 0.208. The average Bonchev–Trinajstić information content (AvgIpc) is 3.67. The largest absolute Gasteiger partial charge is 0.338 e. The van der Waals surface area contributed by atoms with Gasteiger partial charge in [0.25, 0.3) is 0 Å². The first-order valence-corrected chi connectivity index (χ1v) is 13.9. The van der Waals surface area contributed by atoms with E-state index in [-0.39, 0.29) is 6.04 Å². The van der Waals surface area contributed by atoms with Gasteiger partial charge in [-0.2, -0.15) is 15.6 Å². The van der Waals surface area contributed by atoms with Gasteiger partial charge in [-0.3, -0.25) is 5.10 Å². The second-order valence-electron chi connectivity index (χ2n) is 10.4. The molecule has 4 aromatic carbocycles. The van der Waals surface area contributed by atoms with Gasteiger partial charge in [-0.05, 0) is 48.2 Å². The van der Waals surface area contributed by atoms with Crippen LogP contribution in [-0.4, -0.2) is 14.8 Å². The summed E-state index contributed by atoms with van der Waals surface area (Å²) in [6, 6.07) is 43.6. The number of nitrogens with zero attached hydrogens (tertiary/aromatic N) is 4. The van der Waals surface area contributed by atoms with Crippen LogP contribution in [-0.2, 0) is 5.41 Å². The summed E-state index contributed by atoms with van der Waals surface area (Å²) in [5, 5.41) is 27.4.